The lowest BCUT2D eigenvalue weighted by atomic mass is 9.89. The van der Waals surface area contributed by atoms with Gasteiger partial charge in [-0.1, -0.05) is 61.5 Å². The van der Waals surface area contributed by atoms with Gasteiger partial charge in [-0.25, -0.2) is 0 Å². The Morgan fingerprint density at radius 2 is 1.12 bits per heavy atom. The van der Waals surface area contributed by atoms with Crippen molar-refractivity contribution in [2.24, 2.45) is 33.0 Å². The molecule has 1 unspecified atom stereocenters. The van der Waals surface area contributed by atoms with Crippen molar-refractivity contribution in [3.05, 3.63) is 114 Å². The highest BCUT2D eigenvalue weighted by atomic mass is 16.2. The summed E-state index contributed by atoms with van der Waals surface area (Å²) in [5, 5.41) is 0. The van der Waals surface area contributed by atoms with Gasteiger partial charge in [-0.2, -0.15) is 0 Å². The number of hydrogen-bond donors (Lipinski definition) is 0. The van der Waals surface area contributed by atoms with Crippen LogP contribution in [-0.2, 0) is 30.7 Å². The Labute approximate surface area is 286 Å². The number of carbonyl (C=O) groups is 2. The summed E-state index contributed by atoms with van der Waals surface area (Å²) in [6.45, 7) is 22.0. The summed E-state index contributed by atoms with van der Waals surface area (Å²) in [5.41, 5.74) is 6.29. The summed E-state index contributed by atoms with van der Waals surface area (Å²) in [7, 11) is 7.05. The fourth-order valence-corrected chi connectivity index (χ4v) is 4.94. The topological polar surface area (TPSA) is 103 Å². The Kier molecular flexibility index (Phi) is 15.9. The molecule has 0 bridgehead atoms. The number of aryl methyl sites for hydroxylation is 5. The maximum absolute atomic E-state index is 11.6. The molecule has 264 valence electrons. The highest BCUT2D eigenvalue weighted by molar-refractivity contribution is 6.12. The van der Waals surface area contributed by atoms with E-state index in [1.54, 1.807) is 61.1 Å². The van der Waals surface area contributed by atoms with Gasteiger partial charge < -0.3 is 18.6 Å². The van der Waals surface area contributed by atoms with Gasteiger partial charge in [0.1, 0.15) is 0 Å². The highest BCUT2D eigenvalue weighted by Gasteiger charge is 2.32. The Hall–Kier alpha value is -4.27. The van der Waals surface area contributed by atoms with E-state index < -0.39 is 5.92 Å². The minimum absolute atomic E-state index is 0.0295. The van der Waals surface area contributed by atoms with E-state index in [1.165, 1.54) is 16.0 Å². The normalized spacial score (nSPS) is 14.3. The second-order valence-corrected chi connectivity index (χ2v) is 13.9. The SMILES string of the molecule is CC(C)C1=CN(C)C(=O)C(C)C1=O.CC(C)c1ccc(=O)n(C)c1.Cc1cc(C(C)C)c(=O)n(C)c1.Cc1cc(C(C)C)cn(C)c1=O. The highest BCUT2D eigenvalue weighted by Crippen LogP contribution is 2.22. The molecule has 0 fully saturated rings. The molecule has 0 radical (unpaired) electrons. The van der Waals surface area contributed by atoms with E-state index >= 15 is 0 Å². The first-order valence-electron chi connectivity index (χ1n) is 16.6. The zero-order chi connectivity index (χ0) is 37.2. The fraction of sp³-hybridized carbons (Fsp3) is 0.513. The van der Waals surface area contributed by atoms with E-state index in [0.29, 0.717) is 17.8 Å². The second kappa shape index (κ2) is 18.3. The lowest BCUT2D eigenvalue weighted by Crippen LogP contribution is -2.38. The predicted octanol–water partition coefficient (Wildman–Crippen LogP) is 6.35. The van der Waals surface area contributed by atoms with Crippen LogP contribution in [0.4, 0.5) is 0 Å². The van der Waals surface area contributed by atoms with Crippen LogP contribution in [0.3, 0.4) is 0 Å². The van der Waals surface area contributed by atoms with Gasteiger partial charge in [0.15, 0.2) is 5.78 Å². The molecule has 0 spiro atoms. The van der Waals surface area contributed by atoms with E-state index in [-0.39, 0.29) is 34.3 Å². The van der Waals surface area contributed by atoms with Crippen molar-refractivity contribution in [1.29, 1.82) is 0 Å². The molecule has 48 heavy (non-hydrogen) atoms. The summed E-state index contributed by atoms with van der Waals surface area (Å²) < 4.78 is 4.89. The van der Waals surface area contributed by atoms with Crippen LogP contribution in [0.15, 0.2) is 69.0 Å². The molecule has 0 saturated carbocycles. The number of hydrogen-bond acceptors (Lipinski definition) is 5. The standard InChI is InChI=1S/C10H15NO2.2C10H15NO.C9H13NO/c1-6(2)8-5-11(4)10(13)7(3)9(8)12;1-7(2)9-5-8(3)10(12)11(4)6-9;1-7(2)9-5-8(3)6-11(4)10(9)12;1-7(2)8-4-5-9(11)10(3)6-8/h5-7H,1-4H3;2*5-7H,1-4H3;4-7H,1-3H3. The molecule has 1 amide bonds. The van der Waals surface area contributed by atoms with Crippen LogP contribution in [0.5, 0.6) is 0 Å². The fourth-order valence-electron chi connectivity index (χ4n) is 4.94. The van der Waals surface area contributed by atoms with Crippen LogP contribution in [-0.4, -0.2) is 37.3 Å². The van der Waals surface area contributed by atoms with Crippen LogP contribution in [0.1, 0.15) is 108 Å². The van der Waals surface area contributed by atoms with Crippen molar-refractivity contribution in [1.82, 2.24) is 18.6 Å². The molecule has 9 heteroatoms. The minimum atomic E-state index is -0.507. The average Bonchev–Trinajstić information content (AvgIpc) is 3.00. The first-order valence-corrected chi connectivity index (χ1v) is 16.6. The van der Waals surface area contributed by atoms with Gasteiger partial charge in [0.25, 0.3) is 11.1 Å². The average molecular weight is 663 g/mol. The van der Waals surface area contributed by atoms with Crippen molar-refractivity contribution in [3.8, 4) is 0 Å². The van der Waals surface area contributed by atoms with Crippen LogP contribution >= 0.6 is 0 Å². The lowest BCUT2D eigenvalue weighted by Gasteiger charge is -2.26. The Bertz CT molecular complexity index is 1740. The Balaban J connectivity index is 0.000000320. The summed E-state index contributed by atoms with van der Waals surface area (Å²) in [6, 6.07) is 7.42. The van der Waals surface area contributed by atoms with Crippen LogP contribution in [0.25, 0.3) is 0 Å². The lowest BCUT2D eigenvalue weighted by molar-refractivity contribution is -0.138. The third kappa shape index (κ3) is 11.8. The number of rotatable bonds is 4. The monoisotopic (exact) mass is 662 g/mol. The first-order chi connectivity index (χ1) is 22.1. The van der Waals surface area contributed by atoms with Crippen LogP contribution in [0.2, 0.25) is 0 Å². The third-order valence-electron chi connectivity index (χ3n) is 8.15. The summed E-state index contributed by atoms with van der Waals surface area (Å²) in [4.78, 5) is 58.3. The molecule has 0 saturated heterocycles. The molecule has 4 rings (SSSR count). The van der Waals surface area contributed by atoms with E-state index in [9.17, 15) is 24.0 Å². The molecule has 0 aromatic carbocycles. The first kappa shape index (κ1) is 41.8. The quantitative estimate of drug-likeness (QED) is 0.303. The van der Waals surface area contributed by atoms with Gasteiger partial charge >= 0.3 is 0 Å². The van der Waals surface area contributed by atoms with Gasteiger partial charge in [-0.05, 0) is 73.3 Å². The van der Waals surface area contributed by atoms with Gasteiger partial charge in [0.05, 0.1) is 5.92 Å². The molecular weight excluding hydrogens is 604 g/mol. The van der Waals surface area contributed by atoms with Crippen molar-refractivity contribution in [2.75, 3.05) is 7.05 Å². The Morgan fingerprint density at radius 3 is 1.58 bits per heavy atom. The number of nitrogens with zero attached hydrogens (tertiary/aromatic N) is 4. The van der Waals surface area contributed by atoms with Gasteiger partial charge in [0.2, 0.25) is 11.5 Å². The summed E-state index contributed by atoms with van der Waals surface area (Å²) in [6.07, 6.45) is 7.29. The molecule has 3 aromatic rings. The van der Waals surface area contributed by atoms with E-state index in [4.69, 9.17) is 0 Å². The van der Waals surface area contributed by atoms with E-state index in [2.05, 4.69) is 27.7 Å². The van der Waals surface area contributed by atoms with E-state index in [1.807, 2.05) is 78.3 Å². The molecular formula is C39H58N4O5. The van der Waals surface area contributed by atoms with Crippen molar-refractivity contribution >= 4 is 11.7 Å². The van der Waals surface area contributed by atoms with Crippen molar-refractivity contribution in [2.45, 2.75) is 93.9 Å². The van der Waals surface area contributed by atoms with Crippen molar-refractivity contribution in [3.63, 3.8) is 0 Å². The van der Waals surface area contributed by atoms with Crippen LogP contribution < -0.4 is 16.7 Å². The van der Waals surface area contributed by atoms with Crippen molar-refractivity contribution < 1.29 is 9.59 Å². The predicted molar refractivity (Wildman–Crippen MR) is 197 cm³/mol. The summed E-state index contributed by atoms with van der Waals surface area (Å²) in [5.74, 6) is 0.811. The smallest absolute Gasteiger partial charge is 0.253 e. The number of allylic oxidation sites excluding steroid dienone is 1. The van der Waals surface area contributed by atoms with Gasteiger partial charge in [-0.3, -0.25) is 24.0 Å². The molecule has 9 nitrogen and oxygen atoms in total. The maximum Gasteiger partial charge on any atom is 0.253 e. The third-order valence-corrected chi connectivity index (χ3v) is 8.15. The molecule has 1 aliphatic rings. The van der Waals surface area contributed by atoms with Gasteiger partial charge in [-0.15, -0.1) is 0 Å². The van der Waals surface area contributed by atoms with E-state index in [0.717, 1.165) is 22.3 Å². The number of aromatic nitrogens is 3. The zero-order valence-corrected chi connectivity index (χ0v) is 31.8. The van der Waals surface area contributed by atoms with Gasteiger partial charge in [0, 0.05) is 75.7 Å². The number of Topliss-reactive ketones (excluding diaryl/α,β-unsaturated/α-hetero) is 1. The molecule has 4 heterocycles. The zero-order valence-electron chi connectivity index (χ0n) is 31.8. The molecule has 0 N–H and O–H groups in total. The Morgan fingerprint density at radius 1 is 0.604 bits per heavy atom. The largest absolute Gasteiger partial charge is 0.321 e. The number of carbonyl (C=O) groups excluding carboxylic acids is 2. The van der Waals surface area contributed by atoms with Crippen LogP contribution in [0, 0.1) is 25.7 Å². The number of amides is 1. The summed E-state index contributed by atoms with van der Waals surface area (Å²) >= 11 is 0. The molecule has 0 aliphatic carbocycles. The minimum Gasteiger partial charge on any atom is -0.321 e. The maximum atomic E-state index is 11.6. The molecule has 1 aliphatic heterocycles. The second-order valence-electron chi connectivity index (χ2n) is 13.9. The molecule has 1 atom stereocenters. The number of ketones is 1. The number of pyridine rings is 3. The molecule has 3 aromatic heterocycles.